The Morgan fingerprint density at radius 3 is 1.96 bits per heavy atom. The molecule has 1 heterocycles. The molecule has 0 bridgehead atoms. The highest BCUT2D eigenvalue weighted by Crippen LogP contribution is 2.23. The molecule has 0 aromatic rings. The summed E-state index contributed by atoms with van der Waals surface area (Å²) in [6.45, 7) is 3.48. The van der Waals surface area contributed by atoms with Crippen LogP contribution in [0.1, 0.15) is 117 Å². The van der Waals surface area contributed by atoms with Gasteiger partial charge in [0.2, 0.25) is 0 Å². The van der Waals surface area contributed by atoms with Gasteiger partial charge in [0.15, 0.2) is 12.4 Å². The molecule has 54 heavy (non-hydrogen) atoms. The van der Waals surface area contributed by atoms with Gasteiger partial charge in [-0.25, -0.2) is 0 Å². The average molecular weight is 783 g/mol. The largest absolute Gasteiger partial charge is 0.462 e. The summed E-state index contributed by atoms with van der Waals surface area (Å²) in [6, 6.07) is 0. The second-order valence-electron chi connectivity index (χ2n) is 13.3. The SMILES string of the molecule is CC/C=C/C=C/C=C/C=C/CCCCCC(=O)OCC(CO[C@@H]1O[C@@H](CS(=O)(=O)O)[C@H](O)C(O)C1O)OC(=O)CC/C=C/C/C=C/CCCCCCCC. The molecule has 1 aliphatic heterocycles. The van der Waals surface area contributed by atoms with Gasteiger partial charge in [0.1, 0.15) is 36.8 Å². The number of unbranched alkanes of at least 4 members (excludes halogenated alkanes) is 9. The van der Waals surface area contributed by atoms with Crippen molar-refractivity contribution in [3.05, 3.63) is 72.9 Å². The van der Waals surface area contributed by atoms with Crippen molar-refractivity contribution in [3.8, 4) is 0 Å². The zero-order valence-electron chi connectivity index (χ0n) is 32.3. The van der Waals surface area contributed by atoms with E-state index < -0.39 is 71.2 Å². The molecular weight excluding hydrogens is 717 g/mol. The standard InChI is InChI=1S/C41H66O12S/c1-3-5-7-9-11-13-15-17-19-21-23-25-27-29-36(42)50-31-34(32-51-41-40(46)39(45)38(44)35(53-41)33-54(47,48)49)52-37(43)30-28-26-24-22-20-18-16-14-12-10-8-6-4-2/h5,7,9,11,13,15,17-20,24,26,34-35,38-41,44-46H,3-4,6,8,10,12,14,16,21-23,25,27-33H2,1-2H3,(H,47,48,49)/b7-5+,11-9+,15-13+,19-17+,20-18+,26-24+/t34?,35-,38-,39?,40?,41+/m0/s1. The van der Waals surface area contributed by atoms with Crippen molar-refractivity contribution in [3.63, 3.8) is 0 Å². The molecule has 0 spiro atoms. The van der Waals surface area contributed by atoms with Crippen LogP contribution in [0.15, 0.2) is 72.9 Å². The van der Waals surface area contributed by atoms with Gasteiger partial charge >= 0.3 is 11.9 Å². The minimum atomic E-state index is -4.61. The zero-order valence-corrected chi connectivity index (χ0v) is 33.1. The first-order valence-electron chi connectivity index (χ1n) is 19.5. The van der Waals surface area contributed by atoms with Gasteiger partial charge in [-0.3, -0.25) is 14.1 Å². The van der Waals surface area contributed by atoms with E-state index in [0.717, 1.165) is 38.5 Å². The van der Waals surface area contributed by atoms with Crippen LogP contribution in [0.3, 0.4) is 0 Å². The average Bonchev–Trinajstić information content (AvgIpc) is 3.13. The molecule has 0 aliphatic carbocycles. The lowest BCUT2D eigenvalue weighted by Gasteiger charge is -2.40. The van der Waals surface area contributed by atoms with E-state index in [9.17, 15) is 37.9 Å². The highest BCUT2D eigenvalue weighted by molar-refractivity contribution is 7.85. The summed E-state index contributed by atoms with van der Waals surface area (Å²) in [7, 11) is -4.61. The number of esters is 2. The minimum Gasteiger partial charge on any atom is -0.462 e. The van der Waals surface area contributed by atoms with E-state index in [2.05, 4.69) is 38.2 Å². The van der Waals surface area contributed by atoms with Crippen LogP contribution in [0.2, 0.25) is 0 Å². The highest BCUT2D eigenvalue weighted by Gasteiger charge is 2.46. The Morgan fingerprint density at radius 2 is 1.28 bits per heavy atom. The van der Waals surface area contributed by atoms with E-state index >= 15 is 0 Å². The van der Waals surface area contributed by atoms with E-state index in [1.807, 2.05) is 48.6 Å². The number of hydrogen-bond donors (Lipinski definition) is 4. The Balaban J connectivity index is 2.60. The molecule has 308 valence electrons. The topological polar surface area (TPSA) is 186 Å². The number of carbonyl (C=O) groups excluding carboxylic acids is 2. The molecule has 0 amide bonds. The van der Waals surface area contributed by atoms with Crippen molar-refractivity contribution in [1.29, 1.82) is 0 Å². The monoisotopic (exact) mass is 782 g/mol. The summed E-state index contributed by atoms with van der Waals surface area (Å²) in [6.07, 6.45) is 28.4. The maximum atomic E-state index is 12.7. The van der Waals surface area contributed by atoms with Gasteiger partial charge in [-0.2, -0.15) is 8.42 Å². The van der Waals surface area contributed by atoms with Crippen molar-refractivity contribution >= 4 is 22.1 Å². The molecule has 0 saturated carbocycles. The summed E-state index contributed by atoms with van der Waals surface area (Å²) < 4.78 is 53.7. The van der Waals surface area contributed by atoms with Crippen LogP contribution in [0.5, 0.6) is 0 Å². The third-order valence-corrected chi connectivity index (χ3v) is 9.13. The number of allylic oxidation sites excluding steroid dienone is 12. The molecule has 12 nitrogen and oxygen atoms in total. The van der Waals surface area contributed by atoms with E-state index in [0.29, 0.717) is 12.8 Å². The lowest BCUT2D eigenvalue weighted by molar-refractivity contribution is -0.297. The maximum Gasteiger partial charge on any atom is 0.306 e. The van der Waals surface area contributed by atoms with Gasteiger partial charge < -0.3 is 34.3 Å². The van der Waals surface area contributed by atoms with Gasteiger partial charge in [0, 0.05) is 12.8 Å². The Kier molecular flexibility index (Phi) is 28.5. The molecule has 0 aromatic carbocycles. The Hall–Kier alpha value is -2.91. The molecule has 0 radical (unpaired) electrons. The summed E-state index contributed by atoms with van der Waals surface area (Å²) in [5.41, 5.74) is 0. The fourth-order valence-electron chi connectivity index (χ4n) is 5.33. The Labute approximate surface area is 323 Å². The van der Waals surface area contributed by atoms with Crippen LogP contribution in [0, 0.1) is 0 Å². The van der Waals surface area contributed by atoms with E-state index in [4.69, 9.17) is 18.9 Å². The van der Waals surface area contributed by atoms with Crippen molar-refractivity contribution in [2.45, 2.75) is 153 Å². The second-order valence-corrected chi connectivity index (χ2v) is 14.8. The van der Waals surface area contributed by atoms with Crippen molar-refractivity contribution in [2.75, 3.05) is 19.0 Å². The number of hydrogen-bond acceptors (Lipinski definition) is 11. The Morgan fingerprint density at radius 1 is 0.667 bits per heavy atom. The maximum absolute atomic E-state index is 12.7. The molecule has 1 saturated heterocycles. The number of aliphatic hydroxyl groups is 3. The summed E-state index contributed by atoms with van der Waals surface area (Å²) in [5, 5.41) is 30.7. The van der Waals surface area contributed by atoms with E-state index in [1.165, 1.54) is 38.5 Å². The first kappa shape index (κ1) is 49.1. The van der Waals surface area contributed by atoms with Gasteiger partial charge in [0.05, 0.1) is 6.61 Å². The third-order valence-electron chi connectivity index (χ3n) is 8.38. The zero-order chi connectivity index (χ0) is 39.9. The first-order chi connectivity index (χ1) is 26.0. The van der Waals surface area contributed by atoms with Crippen molar-refractivity contribution in [1.82, 2.24) is 0 Å². The summed E-state index contributed by atoms with van der Waals surface area (Å²) in [5.74, 6) is -2.13. The van der Waals surface area contributed by atoms with Crippen LogP contribution < -0.4 is 0 Å². The fraction of sp³-hybridized carbons (Fsp3) is 0.659. The van der Waals surface area contributed by atoms with E-state index in [-0.39, 0.29) is 19.4 Å². The third kappa shape index (κ3) is 26.0. The number of ether oxygens (including phenoxy) is 4. The van der Waals surface area contributed by atoms with Gasteiger partial charge in [0.25, 0.3) is 10.1 Å². The molecule has 3 unspecified atom stereocenters. The van der Waals surface area contributed by atoms with Crippen LogP contribution in [0.25, 0.3) is 0 Å². The van der Waals surface area contributed by atoms with Crippen molar-refractivity contribution in [2.24, 2.45) is 0 Å². The predicted molar refractivity (Wildman–Crippen MR) is 210 cm³/mol. The van der Waals surface area contributed by atoms with Gasteiger partial charge in [-0.15, -0.1) is 0 Å². The molecule has 13 heteroatoms. The Bertz CT molecular complexity index is 1290. The molecule has 0 aromatic heterocycles. The summed E-state index contributed by atoms with van der Waals surface area (Å²) >= 11 is 0. The van der Waals surface area contributed by atoms with Crippen LogP contribution in [-0.2, 0) is 38.7 Å². The van der Waals surface area contributed by atoms with Crippen LogP contribution >= 0.6 is 0 Å². The normalized spacial score (nSPS) is 21.8. The molecule has 6 atom stereocenters. The van der Waals surface area contributed by atoms with Crippen LogP contribution in [0.4, 0.5) is 0 Å². The second kappa shape index (κ2) is 31.3. The van der Waals surface area contributed by atoms with Crippen molar-refractivity contribution < 1.29 is 56.8 Å². The smallest absolute Gasteiger partial charge is 0.306 e. The quantitative estimate of drug-likeness (QED) is 0.0197. The lowest BCUT2D eigenvalue weighted by atomic mass is 10.00. The molecule has 4 N–H and O–H groups in total. The molecule has 1 fully saturated rings. The number of aliphatic hydroxyl groups excluding tert-OH is 3. The first-order valence-corrected chi connectivity index (χ1v) is 21.2. The van der Waals surface area contributed by atoms with E-state index in [1.54, 1.807) is 0 Å². The summed E-state index contributed by atoms with van der Waals surface area (Å²) in [4.78, 5) is 25.2. The fourth-order valence-corrected chi connectivity index (χ4v) is 6.02. The van der Waals surface area contributed by atoms with Crippen LogP contribution in [-0.4, -0.2) is 96.0 Å². The van der Waals surface area contributed by atoms with Gasteiger partial charge in [-0.1, -0.05) is 125 Å². The minimum absolute atomic E-state index is 0.0452. The molecule has 1 aliphatic rings. The lowest BCUT2D eigenvalue weighted by Crippen LogP contribution is -2.60. The van der Waals surface area contributed by atoms with Gasteiger partial charge in [-0.05, 0) is 51.4 Å². The highest BCUT2D eigenvalue weighted by atomic mass is 32.2. The number of rotatable bonds is 30. The number of carbonyl (C=O) groups is 2. The predicted octanol–water partition coefficient (Wildman–Crippen LogP) is 6.77. The molecule has 1 rings (SSSR count). The molecular formula is C41H66O12S.